The Morgan fingerprint density at radius 3 is 2.75 bits per heavy atom. The summed E-state index contributed by atoms with van der Waals surface area (Å²) in [5, 5.41) is 20.8. The molecule has 32 heavy (non-hydrogen) atoms. The average molecular weight is 463 g/mol. The van der Waals surface area contributed by atoms with E-state index in [1.54, 1.807) is 12.1 Å². The monoisotopic (exact) mass is 463 g/mol. The van der Waals surface area contributed by atoms with E-state index in [-0.39, 0.29) is 34.9 Å². The summed E-state index contributed by atoms with van der Waals surface area (Å²) < 4.78 is 33.5. The van der Waals surface area contributed by atoms with Crippen molar-refractivity contribution in [3.8, 4) is 16.3 Å². The average Bonchev–Trinajstić information content (AvgIpc) is 3.22. The first-order valence-electron chi connectivity index (χ1n) is 9.55. The molecule has 1 aromatic carbocycles. The summed E-state index contributed by atoms with van der Waals surface area (Å²) in [6.07, 6.45) is 1.49. The van der Waals surface area contributed by atoms with Gasteiger partial charge in [0.1, 0.15) is 23.3 Å². The standard InChI is InChI=1S/C20H19F2N5O4S/c1-25-10-26(5-6-31-2)20(30)16-18(29)17(28)13(9-27(16)25)19-24-23-15(32-19)7-11-3-4-12(21)8-14(11)22/h3-4,8-9,29H,5-7,10H2,1-2H3. The van der Waals surface area contributed by atoms with Gasteiger partial charge in [-0.05, 0) is 11.6 Å². The number of pyridine rings is 1. The van der Waals surface area contributed by atoms with E-state index in [9.17, 15) is 23.5 Å². The lowest BCUT2D eigenvalue weighted by atomic mass is 10.1. The summed E-state index contributed by atoms with van der Waals surface area (Å²) in [5.41, 5.74) is -0.621. The lowest BCUT2D eigenvalue weighted by molar-refractivity contribution is 0.0630. The number of amides is 1. The van der Waals surface area contributed by atoms with Gasteiger partial charge in [-0.3, -0.25) is 19.3 Å². The summed E-state index contributed by atoms with van der Waals surface area (Å²) in [6.45, 7) is 0.835. The lowest BCUT2D eigenvalue weighted by Gasteiger charge is -2.37. The number of carbonyl (C=O) groups excluding carboxylic acids is 1. The predicted molar refractivity (Wildman–Crippen MR) is 112 cm³/mol. The van der Waals surface area contributed by atoms with Gasteiger partial charge in [0, 0.05) is 39.4 Å². The molecule has 1 aliphatic rings. The number of carbonyl (C=O) groups is 1. The van der Waals surface area contributed by atoms with Gasteiger partial charge in [0.2, 0.25) is 5.43 Å². The smallest absolute Gasteiger partial charge is 0.277 e. The Hall–Kier alpha value is -3.38. The van der Waals surface area contributed by atoms with Gasteiger partial charge in [-0.25, -0.2) is 8.78 Å². The van der Waals surface area contributed by atoms with Crippen molar-refractivity contribution in [1.29, 1.82) is 0 Å². The van der Waals surface area contributed by atoms with Crippen molar-refractivity contribution in [1.82, 2.24) is 19.8 Å². The highest BCUT2D eigenvalue weighted by atomic mass is 32.1. The Morgan fingerprint density at radius 2 is 2.03 bits per heavy atom. The molecule has 0 bridgehead atoms. The van der Waals surface area contributed by atoms with Crippen molar-refractivity contribution in [2.24, 2.45) is 0 Å². The van der Waals surface area contributed by atoms with E-state index < -0.39 is 28.7 Å². The van der Waals surface area contributed by atoms with Crippen molar-refractivity contribution >= 4 is 17.2 Å². The molecule has 0 fully saturated rings. The molecular weight excluding hydrogens is 444 g/mol. The molecule has 4 rings (SSSR count). The van der Waals surface area contributed by atoms with Crippen LogP contribution in [-0.2, 0) is 11.2 Å². The minimum Gasteiger partial charge on any atom is -0.502 e. The van der Waals surface area contributed by atoms with E-state index in [2.05, 4.69) is 10.2 Å². The Morgan fingerprint density at radius 1 is 1.25 bits per heavy atom. The Kier molecular flexibility index (Phi) is 5.89. The van der Waals surface area contributed by atoms with Crippen molar-refractivity contribution in [3.05, 3.63) is 62.5 Å². The topological polar surface area (TPSA) is 101 Å². The molecule has 168 valence electrons. The fourth-order valence-electron chi connectivity index (χ4n) is 3.37. The van der Waals surface area contributed by atoms with Gasteiger partial charge in [0.05, 0.1) is 12.2 Å². The van der Waals surface area contributed by atoms with Gasteiger partial charge in [-0.2, -0.15) is 0 Å². The third-order valence-electron chi connectivity index (χ3n) is 5.02. The van der Waals surface area contributed by atoms with Crippen LogP contribution in [0.1, 0.15) is 21.1 Å². The van der Waals surface area contributed by atoms with Crippen LogP contribution in [0.2, 0.25) is 0 Å². The van der Waals surface area contributed by atoms with Crippen LogP contribution in [0, 0.1) is 11.6 Å². The molecule has 0 aliphatic carbocycles. The van der Waals surface area contributed by atoms with Gasteiger partial charge >= 0.3 is 0 Å². The summed E-state index contributed by atoms with van der Waals surface area (Å²) in [7, 11) is 3.22. The molecule has 0 atom stereocenters. The highest BCUT2D eigenvalue weighted by Gasteiger charge is 2.32. The van der Waals surface area contributed by atoms with Gasteiger partial charge in [-0.15, -0.1) is 10.2 Å². The number of aromatic nitrogens is 3. The van der Waals surface area contributed by atoms with Gasteiger partial charge in [0.25, 0.3) is 5.91 Å². The second-order valence-electron chi connectivity index (χ2n) is 7.19. The zero-order valence-electron chi connectivity index (χ0n) is 17.2. The van der Waals surface area contributed by atoms with E-state index >= 15 is 0 Å². The molecule has 0 saturated carbocycles. The van der Waals surface area contributed by atoms with Crippen LogP contribution in [0.25, 0.3) is 10.6 Å². The lowest BCUT2D eigenvalue weighted by Crippen LogP contribution is -2.53. The number of hydrogen-bond donors (Lipinski definition) is 1. The van der Waals surface area contributed by atoms with Gasteiger partial charge < -0.3 is 14.7 Å². The Bertz CT molecular complexity index is 1250. The zero-order valence-corrected chi connectivity index (χ0v) is 18.0. The number of rotatable bonds is 6. The number of nitrogens with zero attached hydrogens (tertiary/aromatic N) is 5. The van der Waals surface area contributed by atoms with Crippen LogP contribution in [0.4, 0.5) is 8.78 Å². The first-order valence-corrected chi connectivity index (χ1v) is 10.4. The second kappa shape index (κ2) is 8.63. The normalized spacial score (nSPS) is 13.6. The van der Waals surface area contributed by atoms with Crippen LogP contribution in [0.3, 0.4) is 0 Å². The van der Waals surface area contributed by atoms with Crippen LogP contribution in [0.15, 0.2) is 29.2 Å². The van der Waals surface area contributed by atoms with E-state index in [1.807, 2.05) is 0 Å². The maximum atomic E-state index is 13.9. The van der Waals surface area contributed by atoms with Crippen LogP contribution in [0.5, 0.6) is 5.75 Å². The molecule has 3 heterocycles. The van der Waals surface area contributed by atoms with E-state index in [0.29, 0.717) is 18.2 Å². The molecule has 1 aliphatic heterocycles. The molecule has 1 N–H and O–H groups in total. The van der Waals surface area contributed by atoms with Crippen molar-refractivity contribution < 1.29 is 23.4 Å². The molecule has 2 aromatic heterocycles. The van der Waals surface area contributed by atoms with E-state index in [1.165, 1.54) is 28.9 Å². The molecule has 0 unspecified atom stereocenters. The molecule has 0 spiro atoms. The number of ether oxygens (including phenoxy) is 1. The van der Waals surface area contributed by atoms with E-state index in [0.717, 1.165) is 23.5 Å². The summed E-state index contributed by atoms with van der Waals surface area (Å²) >= 11 is 1.04. The van der Waals surface area contributed by atoms with E-state index in [4.69, 9.17) is 4.74 Å². The fraction of sp³-hybridized carbons (Fsp3) is 0.300. The molecular formula is C20H19F2N5O4S. The van der Waals surface area contributed by atoms with Crippen LogP contribution >= 0.6 is 11.3 Å². The van der Waals surface area contributed by atoms with Crippen molar-refractivity contribution in [3.63, 3.8) is 0 Å². The molecule has 9 nitrogen and oxygen atoms in total. The van der Waals surface area contributed by atoms with Crippen LogP contribution < -0.4 is 10.4 Å². The number of fused-ring (bicyclic) bond motifs is 1. The molecule has 12 heteroatoms. The quantitative estimate of drug-likeness (QED) is 0.592. The largest absolute Gasteiger partial charge is 0.502 e. The second-order valence-corrected chi connectivity index (χ2v) is 8.25. The van der Waals surface area contributed by atoms with Crippen molar-refractivity contribution in [2.75, 3.05) is 39.0 Å². The maximum Gasteiger partial charge on any atom is 0.277 e. The molecule has 3 aromatic rings. The molecule has 0 radical (unpaired) electrons. The summed E-state index contributed by atoms with van der Waals surface area (Å²) in [4.78, 5) is 27.1. The Balaban J connectivity index is 1.68. The van der Waals surface area contributed by atoms with Gasteiger partial charge in [0.15, 0.2) is 16.5 Å². The first-order chi connectivity index (χ1) is 15.3. The number of methoxy groups -OCH3 is 1. The number of benzene rings is 1. The van der Waals surface area contributed by atoms with Gasteiger partial charge in [-0.1, -0.05) is 17.4 Å². The van der Waals surface area contributed by atoms with Crippen molar-refractivity contribution in [2.45, 2.75) is 6.42 Å². The first kappa shape index (κ1) is 21.8. The zero-order chi connectivity index (χ0) is 23.0. The third-order valence-corrected chi connectivity index (χ3v) is 5.97. The SMILES string of the molecule is COCCN1CN(C)n2cc(-c3nnc(Cc4ccc(F)cc4F)s3)c(=O)c(O)c2C1=O. The number of hydrogen-bond acceptors (Lipinski definition) is 8. The summed E-state index contributed by atoms with van der Waals surface area (Å²) in [5.74, 6) is -2.57. The fourth-order valence-corrected chi connectivity index (χ4v) is 4.24. The number of aromatic hydroxyl groups is 1. The minimum absolute atomic E-state index is 0.0552. The van der Waals surface area contributed by atoms with Crippen LogP contribution in [-0.4, -0.2) is 64.8 Å². The summed E-state index contributed by atoms with van der Waals surface area (Å²) in [6, 6.07) is 3.26. The predicted octanol–water partition coefficient (Wildman–Crippen LogP) is 1.57. The Labute approximate surface area is 185 Å². The minimum atomic E-state index is -0.762. The molecule has 0 saturated heterocycles. The maximum absolute atomic E-state index is 13.9. The highest BCUT2D eigenvalue weighted by molar-refractivity contribution is 7.14. The molecule has 1 amide bonds. The highest BCUT2D eigenvalue weighted by Crippen LogP contribution is 2.28. The number of halogens is 2. The third kappa shape index (κ3) is 3.94.